The number of hydrazine groups is 1. The maximum Gasteiger partial charge on any atom is 0.355 e. The molecule has 1 amide bonds. The quantitative estimate of drug-likeness (QED) is 0.361. The minimum absolute atomic E-state index is 0.0908. The van der Waals surface area contributed by atoms with Gasteiger partial charge >= 0.3 is 5.69 Å². The maximum absolute atomic E-state index is 12.8. The van der Waals surface area contributed by atoms with Crippen LogP contribution in [-0.2, 0) is 0 Å². The van der Waals surface area contributed by atoms with Crippen LogP contribution in [0.15, 0.2) is 79.1 Å². The molecule has 0 aliphatic rings. The maximum atomic E-state index is 12.8. The van der Waals surface area contributed by atoms with Gasteiger partial charge in [0.05, 0.1) is 4.92 Å². The van der Waals surface area contributed by atoms with Gasteiger partial charge in [-0.3, -0.25) is 25.8 Å². The lowest BCUT2D eigenvalue weighted by Crippen LogP contribution is -2.30. The molecule has 0 aliphatic heterocycles. The summed E-state index contributed by atoms with van der Waals surface area (Å²) < 4.78 is 0. The summed E-state index contributed by atoms with van der Waals surface area (Å²) in [6.45, 7) is 0. The van der Waals surface area contributed by atoms with Crippen LogP contribution in [0.2, 0.25) is 0 Å². The monoisotopic (exact) mass is 414 g/mol. The topological polar surface area (TPSA) is 113 Å². The Bertz CT molecular complexity index is 1260. The standard InChI is InChI=1S/C22H18N6O3/c1-27(16-10-3-2-4-11-16)21-19(28(30)31)20(23-14-24-21)25-26-22(29)18-13-7-9-15-8-5-6-12-17(15)18/h2-14H,1H3,(H,26,29)(H,23,24,25). The molecular weight excluding hydrogens is 396 g/mol. The average Bonchev–Trinajstić information content (AvgIpc) is 2.81. The highest BCUT2D eigenvalue weighted by molar-refractivity contribution is 6.07. The van der Waals surface area contributed by atoms with E-state index in [0.29, 0.717) is 5.56 Å². The molecule has 0 radical (unpaired) electrons. The number of fused-ring (bicyclic) bond motifs is 1. The highest BCUT2D eigenvalue weighted by Crippen LogP contribution is 2.34. The van der Waals surface area contributed by atoms with E-state index in [2.05, 4.69) is 20.8 Å². The number of benzene rings is 3. The predicted octanol–water partition coefficient (Wildman–Crippen LogP) is 4.06. The van der Waals surface area contributed by atoms with Crippen LogP contribution in [0.5, 0.6) is 0 Å². The molecule has 154 valence electrons. The van der Waals surface area contributed by atoms with Crippen LogP contribution >= 0.6 is 0 Å². The molecule has 2 N–H and O–H groups in total. The van der Waals surface area contributed by atoms with Crippen molar-refractivity contribution in [3.8, 4) is 0 Å². The van der Waals surface area contributed by atoms with Gasteiger partial charge in [-0.05, 0) is 29.0 Å². The zero-order chi connectivity index (χ0) is 21.8. The normalized spacial score (nSPS) is 10.5. The second kappa shape index (κ2) is 8.46. The van der Waals surface area contributed by atoms with Crippen molar-refractivity contribution in [1.82, 2.24) is 15.4 Å². The lowest BCUT2D eigenvalue weighted by Gasteiger charge is -2.19. The van der Waals surface area contributed by atoms with Gasteiger partial charge in [0.1, 0.15) is 6.33 Å². The van der Waals surface area contributed by atoms with E-state index < -0.39 is 10.8 Å². The second-order valence-corrected chi connectivity index (χ2v) is 6.65. The molecule has 4 rings (SSSR count). The van der Waals surface area contributed by atoms with Gasteiger partial charge in [-0.25, -0.2) is 9.97 Å². The number of nitrogens with zero attached hydrogens (tertiary/aromatic N) is 4. The molecule has 0 bridgehead atoms. The first-order valence-electron chi connectivity index (χ1n) is 9.38. The Hall–Kier alpha value is -4.53. The lowest BCUT2D eigenvalue weighted by molar-refractivity contribution is -0.383. The van der Waals surface area contributed by atoms with Crippen LogP contribution in [0, 0.1) is 10.1 Å². The van der Waals surface area contributed by atoms with E-state index in [9.17, 15) is 14.9 Å². The highest BCUT2D eigenvalue weighted by Gasteiger charge is 2.26. The number of aromatic nitrogens is 2. The third-order valence-electron chi connectivity index (χ3n) is 4.78. The number of carbonyl (C=O) groups is 1. The number of rotatable bonds is 6. The van der Waals surface area contributed by atoms with Crippen molar-refractivity contribution in [3.05, 3.63) is 94.8 Å². The van der Waals surface area contributed by atoms with Crippen molar-refractivity contribution in [1.29, 1.82) is 0 Å². The number of hydrogen-bond acceptors (Lipinski definition) is 7. The molecule has 9 nitrogen and oxygen atoms in total. The van der Waals surface area contributed by atoms with Crippen molar-refractivity contribution in [2.75, 3.05) is 17.4 Å². The summed E-state index contributed by atoms with van der Waals surface area (Å²) in [6.07, 6.45) is 1.20. The summed E-state index contributed by atoms with van der Waals surface area (Å²) in [5, 5.41) is 13.5. The van der Waals surface area contributed by atoms with Crippen LogP contribution in [-0.4, -0.2) is 27.8 Å². The van der Waals surface area contributed by atoms with Crippen molar-refractivity contribution in [3.63, 3.8) is 0 Å². The summed E-state index contributed by atoms with van der Waals surface area (Å²) in [5.74, 6) is -0.470. The molecule has 4 aromatic rings. The number of hydrogen-bond donors (Lipinski definition) is 2. The van der Waals surface area contributed by atoms with Crippen LogP contribution in [0.4, 0.5) is 23.0 Å². The molecule has 0 saturated carbocycles. The SMILES string of the molecule is CN(c1ccccc1)c1ncnc(NNC(=O)c2cccc3ccccc23)c1[N+](=O)[O-]. The van der Waals surface area contributed by atoms with Crippen molar-refractivity contribution >= 4 is 39.7 Å². The number of anilines is 3. The van der Waals surface area contributed by atoms with Gasteiger partial charge in [0, 0.05) is 18.3 Å². The van der Waals surface area contributed by atoms with E-state index in [1.54, 1.807) is 36.2 Å². The van der Waals surface area contributed by atoms with Gasteiger partial charge in [-0.2, -0.15) is 0 Å². The van der Waals surface area contributed by atoms with Gasteiger partial charge in [-0.15, -0.1) is 0 Å². The largest absolute Gasteiger partial charge is 0.355 e. The molecule has 0 fully saturated rings. The molecule has 0 atom stereocenters. The van der Waals surface area contributed by atoms with Crippen molar-refractivity contribution in [2.24, 2.45) is 0 Å². The minimum Gasteiger partial charge on any atom is -0.324 e. The Balaban J connectivity index is 1.63. The molecule has 1 heterocycles. The Labute approximate surface area is 177 Å². The van der Waals surface area contributed by atoms with E-state index >= 15 is 0 Å². The van der Waals surface area contributed by atoms with E-state index in [-0.39, 0.29) is 17.3 Å². The van der Waals surface area contributed by atoms with Crippen molar-refractivity contribution in [2.45, 2.75) is 0 Å². The summed E-state index contributed by atoms with van der Waals surface area (Å²) in [7, 11) is 1.67. The van der Waals surface area contributed by atoms with Crippen LogP contribution in [0.3, 0.4) is 0 Å². The summed E-state index contributed by atoms with van der Waals surface area (Å²) in [5.41, 5.74) is 5.89. The molecule has 0 unspecified atom stereocenters. The second-order valence-electron chi connectivity index (χ2n) is 6.65. The first-order chi connectivity index (χ1) is 15.1. The summed E-state index contributed by atoms with van der Waals surface area (Å²) in [4.78, 5) is 33.6. The van der Waals surface area contributed by atoms with Gasteiger partial charge in [0.15, 0.2) is 0 Å². The third kappa shape index (κ3) is 3.97. The molecule has 31 heavy (non-hydrogen) atoms. The van der Waals surface area contributed by atoms with Crippen LogP contribution < -0.4 is 15.8 Å². The van der Waals surface area contributed by atoms with Crippen LogP contribution in [0.1, 0.15) is 10.4 Å². The molecule has 9 heteroatoms. The zero-order valence-corrected chi connectivity index (χ0v) is 16.5. The fourth-order valence-corrected chi connectivity index (χ4v) is 3.26. The minimum atomic E-state index is -0.582. The molecule has 0 spiro atoms. The molecule has 1 aromatic heterocycles. The Morgan fingerprint density at radius 1 is 0.968 bits per heavy atom. The molecule has 3 aromatic carbocycles. The number of nitrogens with one attached hydrogen (secondary N) is 2. The van der Waals surface area contributed by atoms with E-state index in [0.717, 1.165) is 16.5 Å². The average molecular weight is 414 g/mol. The Morgan fingerprint density at radius 2 is 1.68 bits per heavy atom. The Morgan fingerprint density at radius 3 is 2.45 bits per heavy atom. The highest BCUT2D eigenvalue weighted by atomic mass is 16.6. The van der Waals surface area contributed by atoms with E-state index in [4.69, 9.17) is 0 Å². The van der Waals surface area contributed by atoms with E-state index in [1.807, 2.05) is 48.5 Å². The molecule has 0 aliphatic carbocycles. The predicted molar refractivity (Wildman–Crippen MR) is 118 cm³/mol. The lowest BCUT2D eigenvalue weighted by atomic mass is 10.0. The molecule has 0 saturated heterocycles. The number of carbonyl (C=O) groups excluding carboxylic acids is 1. The van der Waals surface area contributed by atoms with Gasteiger partial charge in [-0.1, -0.05) is 54.6 Å². The fraction of sp³-hybridized carbons (Fsp3) is 0.0455. The number of para-hydroxylation sites is 1. The first kappa shape index (κ1) is 19.8. The van der Waals surface area contributed by atoms with Gasteiger partial charge < -0.3 is 4.90 Å². The number of nitro groups is 1. The molecular formula is C22H18N6O3. The van der Waals surface area contributed by atoms with E-state index in [1.165, 1.54) is 6.33 Å². The number of amides is 1. The summed E-state index contributed by atoms with van der Waals surface area (Å²) >= 11 is 0. The Kier molecular flexibility index (Phi) is 5.39. The van der Waals surface area contributed by atoms with Gasteiger partial charge in [0.2, 0.25) is 11.6 Å². The smallest absolute Gasteiger partial charge is 0.324 e. The van der Waals surface area contributed by atoms with Crippen LogP contribution in [0.25, 0.3) is 10.8 Å². The third-order valence-corrected chi connectivity index (χ3v) is 4.78. The van der Waals surface area contributed by atoms with Crippen molar-refractivity contribution < 1.29 is 9.72 Å². The fourth-order valence-electron chi connectivity index (χ4n) is 3.26. The zero-order valence-electron chi connectivity index (χ0n) is 16.5. The summed E-state index contributed by atoms with van der Waals surface area (Å²) in [6, 6.07) is 21.9. The van der Waals surface area contributed by atoms with Gasteiger partial charge in [0.25, 0.3) is 5.91 Å². The first-order valence-corrected chi connectivity index (χ1v) is 9.38.